The van der Waals surface area contributed by atoms with Crippen LogP contribution in [0.5, 0.6) is 5.75 Å². The fraction of sp³-hybridized carbons (Fsp3) is 0.407. The molecule has 0 bridgehead atoms. The predicted molar refractivity (Wildman–Crippen MR) is 148 cm³/mol. The van der Waals surface area contributed by atoms with Crippen molar-refractivity contribution in [2.45, 2.75) is 59.9 Å². The number of alkyl halides is 3. The van der Waals surface area contributed by atoms with Crippen LogP contribution in [0.25, 0.3) is 10.1 Å². The Labute approximate surface area is 252 Å². The summed E-state index contributed by atoms with van der Waals surface area (Å²) in [5.74, 6) is -15.9. The number of benzene rings is 2. The lowest BCUT2D eigenvalue weighted by Gasteiger charge is -2.23. The quantitative estimate of drug-likeness (QED) is 0.0542. The van der Waals surface area contributed by atoms with E-state index < -0.39 is 79.3 Å². The Hall–Kier alpha value is -3.07. The van der Waals surface area contributed by atoms with Gasteiger partial charge in [-0.15, -0.1) is 11.3 Å². The SMILES string of the molecule is C.CC.CCCOC(=O)C(C)NP(=O)(Cc1ccc2sc(C(=O)Oc3c(F)c(F)c(F)c(F)c3F)cc2c1)OCC(F)(F)F. The van der Waals surface area contributed by atoms with Crippen molar-refractivity contribution in [3.63, 3.8) is 0 Å². The van der Waals surface area contributed by atoms with Gasteiger partial charge in [0.05, 0.1) is 12.8 Å². The second-order valence-electron chi connectivity index (χ2n) is 8.51. The van der Waals surface area contributed by atoms with Gasteiger partial charge in [-0.05, 0) is 42.5 Å². The Morgan fingerprint density at radius 2 is 1.55 bits per heavy atom. The fourth-order valence-electron chi connectivity index (χ4n) is 3.33. The number of halogens is 8. The first kappa shape index (κ1) is 39.0. The Morgan fingerprint density at radius 1 is 0.977 bits per heavy atom. The van der Waals surface area contributed by atoms with Gasteiger partial charge in [-0.3, -0.25) is 9.36 Å². The molecule has 2 unspecified atom stereocenters. The van der Waals surface area contributed by atoms with Gasteiger partial charge in [0.25, 0.3) is 7.52 Å². The summed E-state index contributed by atoms with van der Waals surface area (Å²) in [7, 11) is -4.38. The Kier molecular flexibility index (Phi) is 14.4. The predicted octanol–water partition coefficient (Wildman–Crippen LogP) is 8.68. The highest BCUT2D eigenvalue weighted by Gasteiger charge is 2.36. The van der Waals surface area contributed by atoms with Crippen LogP contribution >= 0.6 is 18.9 Å². The van der Waals surface area contributed by atoms with E-state index in [1.54, 1.807) is 6.92 Å². The molecule has 0 radical (unpaired) electrons. The number of rotatable bonds is 11. The minimum Gasteiger partial charge on any atom is -0.465 e. The molecule has 0 aliphatic carbocycles. The van der Waals surface area contributed by atoms with E-state index in [-0.39, 0.29) is 29.9 Å². The molecule has 0 amide bonds. The van der Waals surface area contributed by atoms with Gasteiger partial charge in [0.1, 0.15) is 10.9 Å². The van der Waals surface area contributed by atoms with Gasteiger partial charge in [0.2, 0.25) is 34.8 Å². The van der Waals surface area contributed by atoms with Crippen molar-refractivity contribution in [3.05, 3.63) is 63.8 Å². The summed E-state index contributed by atoms with van der Waals surface area (Å²) in [5.41, 5.74) is 0.141. The monoisotopic (exact) mass is 679 g/mol. The highest BCUT2D eigenvalue weighted by atomic mass is 32.1. The van der Waals surface area contributed by atoms with Crippen LogP contribution in [-0.2, 0) is 24.8 Å². The van der Waals surface area contributed by atoms with Crippen molar-refractivity contribution < 1.29 is 63.3 Å². The third-order valence-electron chi connectivity index (χ3n) is 5.17. The van der Waals surface area contributed by atoms with Crippen LogP contribution in [0.15, 0.2) is 24.3 Å². The number of esters is 2. The zero-order valence-corrected chi connectivity index (χ0v) is 24.8. The summed E-state index contributed by atoms with van der Waals surface area (Å²) in [6.45, 7) is 5.09. The second kappa shape index (κ2) is 16.3. The van der Waals surface area contributed by atoms with E-state index in [0.29, 0.717) is 22.5 Å². The number of thiophene rings is 1. The second-order valence-corrected chi connectivity index (χ2v) is 11.8. The molecule has 17 heteroatoms. The molecular formula is C27H30F8NO6PS. The maximum absolute atomic E-state index is 13.9. The van der Waals surface area contributed by atoms with Crippen LogP contribution in [0.4, 0.5) is 35.1 Å². The smallest absolute Gasteiger partial charge is 0.412 e. The summed E-state index contributed by atoms with van der Waals surface area (Å²) in [5, 5.41) is 2.50. The molecule has 0 spiro atoms. The average Bonchev–Trinajstić information content (AvgIpc) is 3.39. The van der Waals surface area contributed by atoms with Crippen LogP contribution in [0.3, 0.4) is 0 Å². The van der Waals surface area contributed by atoms with Gasteiger partial charge in [-0.1, -0.05) is 34.3 Å². The zero-order valence-electron chi connectivity index (χ0n) is 23.0. The maximum atomic E-state index is 13.9. The third-order valence-corrected chi connectivity index (χ3v) is 8.37. The number of hydrogen-bond donors (Lipinski definition) is 1. The molecule has 1 aromatic heterocycles. The Morgan fingerprint density at radius 3 is 2.09 bits per heavy atom. The van der Waals surface area contributed by atoms with Crippen LogP contribution in [-0.4, -0.2) is 37.4 Å². The Bertz CT molecular complexity index is 1480. The largest absolute Gasteiger partial charge is 0.465 e. The van der Waals surface area contributed by atoms with Gasteiger partial charge in [0, 0.05) is 4.70 Å². The highest BCUT2D eigenvalue weighted by molar-refractivity contribution is 7.56. The van der Waals surface area contributed by atoms with E-state index in [9.17, 15) is 49.3 Å². The molecular weight excluding hydrogens is 649 g/mol. The molecule has 0 aliphatic heterocycles. The summed E-state index contributed by atoms with van der Waals surface area (Å²) < 4.78 is 134. The van der Waals surface area contributed by atoms with E-state index in [1.807, 2.05) is 13.8 Å². The number of hydrogen-bond acceptors (Lipinski definition) is 7. The molecule has 1 heterocycles. The standard InChI is InChI=1S/C24H20F8NO6PS.C2H6.CH4/c1-3-6-37-22(34)11(2)33-40(36,38-10-24(30,31)32)9-12-4-5-14-13(7-12)8-15(41-14)23(35)39-21-19(28)17(26)16(25)18(27)20(21)29;1-2;/h4-5,7-8,11H,3,6,9-10H2,1-2H3,(H,33,36);1-2H3;1H4. The van der Waals surface area contributed by atoms with Crippen LogP contribution in [0, 0.1) is 29.1 Å². The molecule has 0 aliphatic rings. The number of ether oxygens (including phenoxy) is 2. The van der Waals surface area contributed by atoms with E-state index >= 15 is 0 Å². The molecule has 3 rings (SSSR count). The lowest BCUT2D eigenvalue weighted by Crippen LogP contribution is -2.35. The van der Waals surface area contributed by atoms with Gasteiger partial charge in [-0.25, -0.2) is 23.1 Å². The molecule has 0 saturated heterocycles. The van der Waals surface area contributed by atoms with Gasteiger partial charge < -0.3 is 14.0 Å². The average molecular weight is 680 g/mol. The van der Waals surface area contributed by atoms with E-state index in [4.69, 9.17) is 4.74 Å². The summed E-state index contributed by atoms with van der Waals surface area (Å²) in [6.07, 6.45) is -5.01. The molecule has 246 valence electrons. The van der Waals surface area contributed by atoms with Gasteiger partial charge >= 0.3 is 18.1 Å². The molecule has 0 fully saturated rings. The number of nitrogens with one attached hydrogen (secondary N) is 1. The zero-order chi connectivity index (χ0) is 32.7. The minimum atomic E-state index is -4.84. The third kappa shape index (κ3) is 9.98. The molecule has 2 atom stereocenters. The van der Waals surface area contributed by atoms with Crippen molar-refractivity contribution in [2.75, 3.05) is 13.2 Å². The molecule has 44 heavy (non-hydrogen) atoms. The summed E-state index contributed by atoms with van der Waals surface area (Å²) in [6, 6.07) is 3.85. The first-order valence-electron chi connectivity index (χ1n) is 12.6. The van der Waals surface area contributed by atoms with Crippen LogP contribution in [0.2, 0.25) is 0 Å². The number of fused-ring (bicyclic) bond motifs is 1. The first-order chi connectivity index (χ1) is 20.0. The Balaban J connectivity index is 0.00000316. The first-order valence-corrected chi connectivity index (χ1v) is 15.2. The summed E-state index contributed by atoms with van der Waals surface area (Å²) in [4.78, 5) is 24.2. The van der Waals surface area contributed by atoms with Crippen molar-refractivity contribution in [1.82, 2.24) is 5.09 Å². The lowest BCUT2D eigenvalue weighted by atomic mass is 10.2. The molecule has 2 aromatic carbocycles. The highest BCUT2D eigenvalue weighted by Crippen LogP contribution is 2.48. The molecule has 0 saturated carbocycles. The normalized spacial score (nSPS) is 13.3. The van der Waals surface area contributed by atoms with Crippen molar-refractivity contribution in [3.8, 4) is 5.75 Å². The number of carbonyl (C=O) groups excluding carboxylic acids is 2. The van der Waals surface area contributed by atoms with E-state index in [0.717, 1.165) is 6.07 Å². The molecule has 3 aromatic rings. The fourth-order valence-corrected chi connectivity index (χ4v) is 6.24. The molecule has 1 N–H and O–H groups in total. The summed E-state index contributed by atoms with van der Waals surface area (Å²) >= 11 is 0.703. The minimum absolute atomic E-state index is 0. The van der Waals surface area contributed by atoms with Gasteiger partial charge in [0.15, 0.2) is 6.61 Å². The topological polar surface area (TPSA) is 90.9 Å². The lowest BCUT2D eigenvalue weighted by molar-refractivity contribution is -0.153. The van der Waals surface area contributed by atoms with Crippen molar-refractivity contribution >= 4 is 40.9 Å². The van der Waals surface area contributed by atoms with E-state index in [1.165, 1.54) is 25.1 Å². The van der Waals surface area contributed by atoms with Crippen molar-refractivity contribution in [1.29, 1.82) is 0 Å². The molecule has 7 nitrogen and oxygen atoms in total. The maximum Gasteiger partial charge on any atom is 0.412 e. The number of carbonyl (C=O) groups is 2. The van der Waals surface area contributed by atoms with E-state index in [2.05, 4.69) is 14.3 Å². The van der Waals surface area contributed by atoms with Crippen LogP contribution < -0.4 is 9.82 Å². The van der Waals surface area contributed by atoms with Gasteiger partial charge in [-0.2, -0.15) is 22.0 Å². The van der Waals surface area contributed by atoms with Crippen molar-refractivity contribution in [2.24, 2.45) is 0 Å². The van der Waals surface area contributed by atoms with Crippen LogP contribution in [0.1, 0.15) is 56.8 Å².